The summed E-state index contributed by atoms with van der Waals surface area (Å²) in [5, 5.41) is 0. The first-order valence-corrected chi connectivity index (χ1v) is 6.15. The Labute approximate surface area is 111 Å². The Morgan fingerprint density at radius 2 is 2.32 bits per heavy atom. The molecule has 1 aliphatic rings. The summed E-state index contributed by atoms with van der Waals surface area (Å²) in [6, 6.07) is 2.58. The van der Waals surface area contributed by atoms with Crippen molar-refractivity contribution in [3.05, 3.63) is 23.5 Å². The Morgan fingerprint density at radius 1 is 1.58 bits per heavy atom. The van der Waals surface area contributed by atoms with E-state index in [0.717, 1.165) is 19.0 Å². The third-order valence-corrected chi connectivity index (χ3v) is 3.41. The molecule has 0 bridgehead atoms. The lowest BCUT2D eigenvalue weighted by Gasteiger charge is -2.20. The number of ether oxygens (including phenoxy) is 1. The lowest BCUT2D eigenvalue weighted by Crippen LogP contribution is -2.23. The first-order chi connectivity index (χ1) is 9.02. The Kier molecular flexibility index (Phi) is 3.90. The number of carbonyl (C=O) groups excluding carboxylic acids is 1. The Hall–Kier alpha value is -1.82. The average Bonchev–Trinajstić information content (AvgIpc) is 2.77. The second kappa shape index (κ2) is 5.44. The molecule has 0 saturated carbocycles. The smallest absolute Gasteiger partial charge is 0.250 e. The van der Waals surface area contributed by atoms with Gasteiger partial charge in [0, 0.05) is 31.8 Å². The number of anilines is 2. The summed E-state index contributed by atoms with van der Waals surface area (Å²) in [5.74, 6) is -0.703. The first kappa shape index (κ1) is 13.6. The third kappa shape index (κ3) is 2.78. The van der Waals surface area contributed by atoms with Crippen LogP contribution < -0.4 is 16.4 Å². The lowest BCUT2D eigenvalue weighted by molar-refractivity contribution is 0.100. The highest BCUT2D eigenvalue weighted by atomic mass is 19.1. The van der Waals surface area contributed by atoms with Gasteiger partial charge in [-0.15, -0.1) is 0 Å². The normalized spacial score (nSPS) is 18.8. The van der Waals surface area contributed by atoms with Crippen LogP contribution >= 0.6 is 0 Å². The number of nitrogen functional groups attached to an aromatic ring is 1. The molecule has 1 heterocycles. The van der Waals surface area contributed by atoms with Crippen LogP contribution in [-0.4, -0.2) is 32.7 Å². The number of carbonyl (C=O) groups is 1. The second-order valence-electron chi connectivity index (χ2n) is 4.81. The summed E-state index contributed by atoms with van der Waals surface area (Å²) in [6.07, 6.45) is 0.934. The maximum Gasteiger partial charge on any atom is 0.250 e. The van der Waals surface area contributed by atoms with E-state index >= 15 is 0 Å². The maximum atomic E-state index is 14.0. The van der Waals surface area contributed by atoms with Crippen LogP contribution in [0.2, 0.25) is 0 Å². The fraction of sp³-hybridized carbons (Fsp3) is 0.462. The van der Waals surface area contributed by atoms with Crippen molar-refractivity contribution in [1.82, 2.24) is 0 Å². The maximum absolute atomic E-state index is 14.0. The molecule has 2 rings (SSSR count). The van der Waals surface area contributed by atoms with Crippen molar-refractivity contribution in [2.75, 3.05) is 37.4 Å². The average molecular weight is 267 g/mol. The van der Waals surface area contributed by atoms with E-state index in [-0.39, 0.29) is 11.3 Å². The largest absolute Gasteiger partial charge is 0.398 e. The van der Waals surface area contributed by atoms with E-state index in [9.17, 15) is 9.18 Å². The summed E-state index contributed by atoms with van der Waals surface area (Å²) in [5.41, 5.74) is 11.4. The highest BCUT2D eigenvalue weighted by Gasteiger charge is 2.25. The van der Waals surface area contributed by atoms with Crippen molar-refractivity contribution in [2.24, 2.45) is 11.7 Å². The van der Waals surface area contributed by atoms with Crippen LogP contribution in [0.4, 0.5) is 15.8 Å². The minimum Gasteiger partial charge on any atom is -0.398 e. The highest BCUT2D eigenvalue weighted by molar-refractivity contribution is 5.99. The standard InChI is InChI=1S/C13H18FN3O2/c1-19-7-8-2-3-17(6-8)12-4-9(13(16)18)11(15)5-10(12)14/h4-5,8H,2-3,6-7,15H2,1H3,(H2,16,18). The number of hydrogen-bond acceptors (Lipinski definition) is 4. The predicted molar refractivity (Wildman–Crippen MR) is 71.5 cm³/mol. The molecular formula is C13H18FN3O2. The molecule has 1 amide bonds. The molecule has 0 radical (unpaired) electrons. The third-order valence-electron chi connectivity index (χ3n) is 3.41. The van der Waals surface area contributed by atoms with Crippen molar-refractivity contribution in [2.45, 2.75) is 6.42 Å². The van der Waals surface area contributed by atoms with Gasteiger partial charge >= 0.3 is 0 Å². The van der Waals surface area contributed by atoms with Gasteiger partial charge in [0.05, 0.1) is 17.9 Å². The van der Waals surface area contributed by atoms with Crippen LogP contribution in [0.1, 0.15) is 16.8 Å². The molecule has 1 saturated heterocycles. The van der Waals surface area contributed by atoms with Gasteiger partial charge in [-0.3, -0.25) is 4.79 Å². The number of halogens is 1. The number of primary amides is 1. The molecule has 1 fully saturated rings. The Bertz CT molecular complexity index is 493. The molecule has 1 aromatic carbocycles. The molecule has 0 spiro atoms. The summed E-state index contributed by atoms with van der Waals surface area (Å²) in [6.45, 7) is 2.08. The molecular weight excluding hydrogens is 249 g/mol. The minimum atomic E-state index is -0.647. The van der Waals surface area contributed by atoms with Gasteiger partial charge in [-0.2, -0.15) is 0 Å². The number of hydrogen-bond donors (Lipinski definition) is 2. The minimum absolute atomic E-state index is 0.0707. The number of nitrogens with two attached hydrogens (primary N) is 2. The van der Waals surface area contributed by atoms with Crippen LogP contribution in [0.25, 0.3) is 0 Å². The monoisotopic (exact) mass is 267 g/mol. The molecule has 0 aliphatic carbocycles. The molecule has 1 aliphatic heterocycles. The topological polar surface area (TPSA) is 81.6 Å². The SMILES string of the molecule is COCC1CCN(c2cc(C(N)=O)c(N)cc2F)C1. The van der Waals surface area contributed by atoms with Gasteiger partial charge < -0.3 is 21.1 Å². The molecule has 104 valence electrons. The van der Waals surface area contributed by atoms with E-state index in [1.54, 1.807) is 7.11 Å². The fourth-order valence-corrected chi connectivity index (χ4v) is 2.46. The van der Waals surface area contributed by atoms with Gasteiger partial charge in [-0.1, -0.05) is 0 Å². The van der Waals surface area contributed by atoms with Crippen LogP contribution in [0.15, 0.2) is 12.1 Å². The van der Waals surface area contributed by atoms with E-state index in [0.29, 0.717) is 24.8 Å². The number of benzene rings is 1. The van der Waals surface area contributed by atoms with Crippen LogP contribution in [0, 0.1) is 11.7 Å². The zero-order valence-corrected chi connectivity index (χ0v) is 10.9. The summed E-state index contributed by atoms with van der Waals surface area (Å²) in [4.78, 5) is 13.1. The quantitative estimate of drug-likeness (QED) is 0.797. The van der Waals surface area contributed by atoms with E-state index in [1.165, 1.54) is 6.07 Å². The van der Waals surface area contributed by atoms with Crippen LogP contribution in [0.3, 0.4) is 0 Å². The number of rotatable bonds is 4. The number of methoxy groups -OCH3 is 1. The predicted octanol–water partition coefficient (Wildman–Crippen LogP) is 0.980. The van der Waals surface area contributed by atoms with Gasteiger partial charge in [0.2, 0.25) is 0 Å². The summed E-state index contributed by atoms with van der Waals surface area (Å²) >= 11 is 0. The molecule has 6 heteroatoms. The van der Waals surface area contributed by atoms with Gasteiger partial charge in [0.15, 0.2) is 0 Å². The van der Waals surface area contributed by atoms with E-state index in [2.05, 4.69) is 0 Å². The zero-order chi connectivity index (χ0) is 14.0. The van der Waals surface area contributed by atoms with Crippen molar-refractivity contribution in [1.29, 1.82) is 0 Å². The molecule has 4 N–H and O–H groups in total. The molecule has 1 unspecified atom stereocenters. The van der Waals surface area contributed by atoms with E-state index in [1.807, 2.05) is 4.90 Å². The van der Waals surface area contributed by atoms with Crippen molar-refractivity contribution < 1.29 is 13.9 Å². The lowest BCUT2D eigenvalue weighted by atomic mass is 10.1. The molecule has 0 aromatic heterocycles. The van der Waals surface area contributed by atoms with Gasteiger partial charge in [0.25, 0.3) is 5.91 Å². The number of amides is 1. The van der Waals surface area contributed by atoms with Crippen molar-refractivity contribution >= 4 is 17.3 Å². The molecule has 1 atom stereocenters. The van der Waals surface area contributed by atoms with E-state index < -0.39 is 11.7 Å². The summed E-state index contributed by atoms with van der Waals surface area (Å²) < 4.78 is 19.1. The van der Waals surface area contributed by atoms with Crippen molar-refractivity contribution in [3.63, 3.8) is 0 Å². The van der Waals surface area contributed by atoms with Gasteiger partial charge in [-0.05, 0) is 18.6 Å². The van der Waals surface area contributed by atoms with Gasteiger partial charge in [0.1, 0.15) is 5.82 Å². The first-order valence-electron chi connectivity index (χ1n) is 6.15. The molecule has 19 heavy (non-hydrogen) atoms. The Balaban J connectivity index is 2.25. The Morgan fingerprint density at radius 3 is 2.95 bits per heavy atom. The second-order valence-corrected chi connectivity index (χ2v) is 4.81. The molecule has 5 nitrogen and oxygen atoms in total. The summed E-state index contributed by atoms with van der Waals surface area (Å²) in [7, 11) is 1.65. The number of nitrogens with zero attached hydrogens (tertiary/aromatic N) is 1. The highest BCUT2D eigenvalue weighted by Crippen LogP contribution is 2.29. The zero-order valence-electron chi connectivity index (χ0n) is 10.9. The van der Waals surface area contributed by atoms with Crippen LogP contribution in [-0.2, 0) is 4.74 Å². The van der Waals surface area contributed by atoms with Crippen LogP contribution in [0.5, 0.6) is 0 Å². The van der Waals surface area contributed by atoms with Crippen molar-refractivity contribution in [3.8, 4) is 0 Å². The van der Waals surface area contributed by atoms with E-state index in [4.69, 9.17) is 16.2 Å². The van der Waals surface area contributed by atoms with Gasteiger partial charge in [-0.25, -0.2) is 4.39 Å². The molecule has 1 aromatic rings. The fourth-order valence-electron chi connectivity index (χ4n) is 2.46.